The molecule has 7 nitrogen and oxygen atoms in total. The minimum atomic E-state index is -0.734. The highest BCUT2D eigenvalue weighted by Crippen LogP contribution is 2.34. The zero-order valence-corrected chi connectivity index (χ0v) is 16.6. The van der Waals surface area contributed by atoms with E-state index >= 15 is 0 Å². The van der Waals surface area contributed by atoms with Crippen molar-refractivity contribution in [3.8, 4) is 5.75 Å². The summed E-state index contributed by atoms with van der Waals surface area (Å²) in [5, 5.41) is 5.65. The molecule has 0 saturated carbocycles. The van der Waals surface area contributed by atoms with Crippen molar-refractivity contribution >= 4 is 17.5 Å². The van der Waals surface area contributed by atoms with Gasteiger partial charge >= 0.3 is 0 Å². The normalized spacial score (nSPS) is 16.4. The molecule has 154 valence electrons. The van der Waals surface area contributed by atoms with Gasteiger partial charge in [0.15, 0.2) is 0 Å². The highest BCUT2D eigenvalue weighted by Gasteiger charge is 2.33. The van der Waals surface area contributed by atoms with Crippen LogP contribution in [0.2, 0.25) is 0 Å². The van der Waals surface area contributed by atoms with Crippen molar-refractivity contribution in [1.82, 2.24) is 14.9 Å². The van der Waals surface area contributed by atoms with Gasteiger partial charge in [-0.05, 0) is 35.4 Å². The molecule has 2 atom stereocenters. The van der Waals surface area contributed by atoms with Gasteiger partial charge in [-0.15, -0.1) is 0 Å². The molecule has 1 aliphatic heterocycles. The summed E-state index contributed by atoms with van der Waals surface area (Å²) in [5.41, 5.74) is 1.69. The molecule has 0 radical (unpaired) electrons. The average molecular weight is 408 g/mol. The van der Waals surface area contributed by atoms with Gasteiger partial charge < -0.3 is 19.9 Å². The summed E-state index contributed by atoms with van der Waals surface area (Å²) >= 11 is 0. The second-order valence-corrected chi connectivity index (χ2v) is 7.15. The molecule has 2 amide bonds. The predicted octanol–water partition coefficient (Wildman–Crippen LogP) is 2.90. The van der Waals surface area contributed by atoms with Crippen molar-refractivity contribution in [2.24, 2.45) is 7.05 Å². The van der Waals surface area contributed by atoms with E-state index in [1.54, 1.807) is 19.5 Å². The van der Waals surface area contributed by atoms with Gasteiger partial charge in [-0.25, -0.2) is 9.37 Å². The first kappa shape index (κ1) is 19.6. The topological polar surface area (TPSA) is 85.2 Å². The molecule has 30 heavy (non-hydrogen) atoms. The fraction of sp³-hybridized carbons (Fsp3) is 0.227. The number of carbonyl (C=O) groups is 2. The quantitative estimate of drug-likeness (QED) is 0.680. The molecular formula is C22H21FN4O3. The molecule has 0 aliphatic carbocycles. The molecule has 8 heteroatoms. The van der Waals surface area contributed by atoms with E-state index in [2.05, 4.69) is 15.6 Å². The van der Waals surface area contributed by atoms with E-state index in [4.69, 9.17) is 4.74 Å². The van der Waals surface area contributed by atoms with Crippen LogP contribution in [-0.2, 0) is 16.6 Å². The maximum absolute atomic E-state index is 13.6. The predicted molar refractivity (Wildman–Crippen MR) is 109 cm³/mol. The molecule has 4 rings (SSSR count). The van der Waals surface area contributed by atoms with Gasteiger partial charge in [-0.1, -0.05) is 18.2 Å². The first-order valence-corrected chi connectivity index (χ1v) is 9.47. The van der Waals surface area contributed by atoms with Crippen molar-refractivity contribution in [3.63, 3.8) is 0 Å². The van der Waals surface area contributed by atoms with Gasteiger partial charge in [0, 0.05) is 31.5 Å². The van der Waals surface area contributed by atoms with Crippen LogP contribution in [0.5, 0.6) is 5.75 Å². The van der Waals surface area contributed by atoms with E-state index < -0.39 is 17.8 Å². The van der Waals surface area contributed by atoms with Gasteiger partial charge in [-0.2, -0.15) is 0 Å². The van der Waals surface area contributed by atoms with Crippen LogP contribution in [0, 0.1) is 5.82 Å². The summed E-state index contributed by atoms with van der Waals surface area (Å²) in [4.78, 5) is 29.8. The maximum atomic E-state index is 13.6. The Balaban J connectivity index is 1.69. The zero-order valence-electron chi connectivity index (χ0n) is 16.6. The molecule has 2 unspecified atom stereocenters. The molecule has 1 aromatic heterocycles. The van der Waals surface area contributed by atoms with Gasteiger partial charge in [0.2, 0.25) is 11.8 Å². The molecule has 2 heterocycles. The zero-order chi connectivity index (χ0) is 21.3. The number of ether oxygens (including phenoxy) is 1. The Morgan fingerprint density at radius 3 is 2.90 bits per heavy atom. The molecule has 2 N–H and O–H groups in total. The van der Waals surface area contributed by atoms with Crippen LogP contribution in [0.4, 0.5) is 10.1 Å². The number of amides is 2. The number of imidazole rings is 1. The molecule has 2 aromatic carbocycles. The number of anilines is 1. The third-order valence-corrected chi connectivity index (χ3v) is 5.20. The summed E-state index contributed by atoms with van der Waals surface area (Å²) < 4.78 is 20.7. The number of methoxy groups -OCH3 is 1. The number of halogens is 1. The lowest BCUT2D eigenvalue weighted by atomic mass is 9.89. The minimum absolute atomic E-state index is 0.0180. The number of aryl methyl sites for hydroxylation is 1. The van der Waals surface area contributed by atoms with Crippen LogP contribution in [0.25, 0.3) is 0 Å². The van der Waals surface area contributed by atoms with Crippen molar-refractivity contribution in [2.45, 2.75) is 18.4 Å². The second-order valence-electron chi connectivity index (χ2n) is 7.15. The first-order chi connectivity index (χ1) is 14.5. The molecule has 1 aliphatic rings. The number of carbonyl (C=O) groups excluding carboxylic acids is 2. The number of rotatable bonds is 5. The summed E-state index contributed by atoms with van der Waals surface area (Å²) in [5.74, 6) is -0.591. The Labute approximate surface area is 172 Å². The highest BCUT2D eigenvalue weighted by molar-refractivity contribution is 6.01. The maximum Gasteiger partial charge on any atom is 0.229 e. The number of hydrogen-bond donors (Lipinski definition) is 2. The lowest BCUT2D eigenvalue weighted by Crippen LogP contribution is -2.38. The van der Waals surface area contributed by atoms with Crippen molar-refractivity contribution in [3.05, 3.63) is 77.6 Å². The number of fused-ring (bicyclic) bond motifs is 1. The van der Waals surface area contributed by atoms with Crippen LogP contribution < -0.4 is 15.4 Å². The van der Waals surface area contributed by atoms with Gasteiger partial charge in [0.25, 0.3) is 0 Å². The van der Waals surface area contributed by atoms with Crippen LogP contribution >= 0.6 is 0 Å². The molecule has 0 bridgehead atoms. The fourth-order valence-electron chi connectivity index (χ4n) is 3.69. The summed E-state index contributed by atoms with van der Waals surface area (Å²) in [6, 6.07) is 10.9. The molecular weight excluding hydrogens is 387 g/mol. The number of nitrogens with zero attached hydrogens (tertiary/aromatic N) is 2. The first-order valence-electron chi connectivity index (χ1n) is 9.47. The van der Waals surface area contributed by atoms with Crippen molar-refractivity contribution in [2.75, 3.05) is 12.4 Å². The molecule has 0 spiro atoms. The van der Waals surface area contributed by atoms with Crippen LogP contribution in [0.3, 0.4) is 0 Å². The Kier molecular flexibility index (Phi) is 5.22. The van der Waals surface area contributed by atoms with Gasteiger partial charge in [0.05, 0.1) is 13.0 Å². The number of nitrogens with one attached hydrogen (secondary N) is 2. The number of hydrogen-bond acceptors (Lipinski definition) is 4. The largest absolute Gasteiger partial charge is 0.497 e. The van der Waals surface area contributed by atoms with E-state index in [0.717, 1.165) is 5.56 Å². The fourth-order valence-corrected chi connectivity index (χ4v) is 3.69. The lowest BCUT2D eigenvalue weighted by Gasteiger charge is -2.27. The smallest absolute Gasteiger partial charge is 0.229 e. The van der Waals surface area contributed by atoms with E-state index in [0.29, 0.717) is 22.8 Å². The van der Waals surface area contributed by atoms with Gasteiger partial charge in [-0.3, -0.25) is 9.59 Å². The Bertz CT molecular complexity index is 1110. The highest BCUT2D eigenvalue weighted by atomic mass is 19.1. The molecule has 3 aromatic rings. The second kappa shape index (κ2) is 7.98. The van der Waals surface area contributed by atoms with Gasteiger partial charge in [0.1, 0.15) is 23.4 Å². The summed E-state index contributed by atoms with van der Waals surface area (Å²) in [7, 11) is 3.41. The number of aromatic nitrogens is 2. The third kappa shape index (κ3) is 3.76. The average Bonchev–Trinajstić information content (AvgIpc) is 3.16. The Hall–Kier alpha value is -3.68. The van der Waals surface area contributed by atoms with Crippen LogP contribution in [0.1, 0.15) is 35.3 Å². The van der Waals surface area contributed by atoms with E-state index in [1.165, 1.54) is 18.2 Å². The number of benzene rings is 2. The van der Waals surface area contributed by atoms with E-state index in [-0.39, 0.29) is 18.2 Å². The Morgan fingerprint density at radius 2 is 2.17 bits per heavy atom. The Morgan fingerprint density at radius 1 is 1.33 bits per heavy atom. The van der Waals surface area contributed by atoms with E-state index in [1.807, 2.05) is 35.9 Å². The minimum Gasteiger partial charge on any atom is -0.497 e. The monoisotopic (exact) mass is 408 g/mol. The summed E-state index contributed by atoms with van der Waals surface area (Å²) in [6.07, 6.45) is 3.43. The van der Waals surface area contributed by atoms with E-state index in [9.17, 15) is 14.0 Å². The van der Waals surface area contributed by atoms with Crippen molar-refractivity contribution in [1.29, 1.82) is 0 Å². The van der Waals surface area contributed by atoms with Crippen molar-refractivity contribution < 1.29 is 18.7 Å². The van der Waals surface area contributed by atoms with Crippen LogP contribution in [-0.4, -0.2) is 28.5 Å². The molecule has 0 saturated heterocycles. The lowest BCUT2D eigenvalue weighted by molar-refractivity contribution is -0.126. The standard InChI is InChI=1S/C22H21FN4O3/c1-27-9-8-24-21(27)20(13-4-3-5-15(10-13)30-2)26-22(29)17-12-19(28)25-18-11-14(23)6-7-16(17)18/h3-11,17,20H,12H2,1-2H3,(H,25,28)(H,26,29). The molecule has 0 fully saturated rings. The SMILES string of the molecule is COc1cccc(C(NC(=O)C2CC(=O)Nc3cc(F)ccc32)c2nccn2C)c1. The van der Waals surface area contributed by atoms with Crippen LogP contribution in [0.15, 0.2) is 54.9 Å². The summed E-state index contributed by atoms with van der Waals surface area (Å²) in [6.45, 7) is 0. The third-order valence-electron chi connectivity index (χ3n) is 5.20.